The summed E-state index contributed by atoms with van der Waals surface area (Å²) in [5, 5.41) is 6.86. The average Bonchev–Trinajstić information content (AvgIpc) is 3.06. The molecular formula is C21H18N2OS. The fourth-order valence-electron chi connectivity index (χ4n) is 4.14. The number of fused-ring (bicyclic) bond motifs is 3. The molecule has 0 unspecified atom stereocenters. The molecule has 124 valence electrons. The van der Waals surface area contributed by atoms with Crippen molar-refractivity contribution in [3.63, 3.8) is 0 Å². The minimum absolute atomic E-state index is 0.0451. The normalized spacial score (nSPS) is 19.6. The Bertz CT molecular complexity index is 1050. The number of hydrogen-bond acceptors (Lipinski definition) is 4. The largest absolute Gasteiger partial charge is 0.358 e. The van der Waals surface area contributed by atoms with Crippen LogP contribution in [0.5, 0.6) is 0 Å². The van der Waals surface area contributed by atoms with Gasteiger partial charge >= 0.3 is 0 Å². The maximum atomic E-state index is 12.8. The van der Waals surface area contributed by atoms with Crippen molar-refractivity contribution in [3.8, 4) is 0 Å². The summed E-state index contributed by atoms with van der Waals surface area (Å²) < 4.78 is 0. The first-order valence-electron chi connectivity index (χ1n) is 8.69. The van der Waals surface area contributed by atoms with Gasteiger partial charge in [-0.1, -0.05) is 6.07 Å². The number of rotatable bonds is 1. The van der Waals surface area contributed by atoms with E-state index in [0.29, 0.717) is 12.2 Å². The van der Waals surface area contributed by atoms with Crippen molar-refractivity contribution in [2.75, 3.05) is 5.32 Å². The predicted octanol–water partition coefficient (Wildman–Crippen LogP) is 5.17. The molecule has 3 nitrogen and oxygen atoms in total. The SMILES string of the molecule is Cc1ccsc1[C@H]1C2=C(CCCC2=O)Nc2c1ccc1ncccc21. The van der Waals surface area contributed by atoms with Crippen LogP contribution in [-0.4, -0.2) is 10.8 Å². The molecule has 1 N–H and O–H groups in total. The average molecular weight is 346 g/mol. The quantitative estimate of drug-likeness (QED) is 0.661. The van der Waals surface area contributed by atoms with Crippen molar-refractivity contribution in [1.29, 1.82) is 0 Å². The molecule has 0 spiro atoms. The van der Waals surface area contributed by atoms with Crippen LogP contribution >= 0.6 is 11.3 Å². The van der Waals surface area contributed by atoms with Crippen LogP contribution in [0.2, 0.25) is 0 Å². The summed E-state index contributed by atoms with van der Waals surface area (Å²) in [6.07, 6.45) is 4.36. The highest BCUT2D eigenvalue weighted by molar-refractivity contribution is 7.10. The van der Waals surface area contributed by atoms with Crippen LogP contribution in [-0.2, 0) is 4.79 Å². The lowest BCUT2D eigenvalue weighted by Crippen LogP contribution is -2.26. The van der Waals surface area contributed by atoms with Gasteiger partial charge in [-0.15, -0.1) is 11.3 Å². The number of thiophene rings is 1. The Morgan fingerprint density at radius 1 is 1.20 bits per heavy atom. The van der Waals surface area contributed by atoms with Gasteiger partial charge in [0.25, 0.3) is 0 Å². The molecule has 0 saturated carbocycles. The van der Waals surface area contributed by atoms with Crippen LogP contribution < -0.4 is 5.32 Å². The molecule has 2 aliphatic rings. The Morgan fingerprint density at radius 2 is 2.12 bits per heavy atom. The van der Waals surface area contributed by atoms with E-state index in [1.807, 2.05) is 12.3 Å². The zero-order valence-corrected chi connectivity index (χ0v) is 14.8. The first kappa shape index (κ1) is 14.8. The molecule has 0 amide bonds. The lowest BCUT2D eigenvalue weighted by Gasteiger charge is -2.34. The summed E-state index contributed by atoms with van der Waals surface area (Å²) in [4.78, 5) is 18.6. The second-order valence-corrected chi connectivity index (χ2v) is 7.74. The molecule has 5 rings (SSSR count). The molecule has 1 aliphatic carbocycles. The molecule has 4 heteroatoms. The second kappa shape index (κ2) is 5.53. The Kier molecular flexibility index (Phi) is 3.28. The summed E-state index contributed by atoms with van der Waals surface area (Å²) in [7, 11) is 0. The number of allylic oxidation sites excluding steroid dienone is 2. The van der Waals surface area contributed by atoms with Gasteiger partial charge in [0, 0.05) is 34.2 Å². The van der Waals surface area contributed by atoms with E-state index >= 15 is 0 Å². The molecule has 3 aromatic rings. The zero-order valence-electron chi connectivity index (χ0n) is 14.0. The topological polar surface area (TPSA) is 42.0 Å². The summed E-state index contributed by atoms with van der Waals surface area (Å²) in [5.41, 5.74) is 6.66. The van der Waals surface area contributed by atoms with Crippen LogP contribution in [0.15, 0.2) is 53.2 Å². The van der Waals surface area contributed by atoms with Crippen LogP contribution in [0.3, 0.4) is 0 Å². The Hall–Kier alpha value is -2.46. The number of hydrogen-bond donors (Lipinski definition) is 1. The molecular weight excluding hydrogens is 328 g/mol. The van der Waals surface area contributed by atoms with Crippen LogP contribution in [0.25, 0.3) is 10.9 Å². The minimum Gasteiger partial charge on any atom is -0.358 e. The smallest absolute Gasteiger partial charge is 0.161 e. The molecule has 2 aromatic heterocycles. The monoisotopic (exact) mass is 346 g/mol. The number of carbonyl (C=O) groups excluding carboxylic acids is 1. The number of Topliss-reactive ketones (excluding diaryl/α,β-unsaturated/α-hetero) is 1. The van der Waals surface area contributed by atoms with Crippen molar-refractivity contribution >= 4 is 33.7 Å². The van der Waals surface area contributed by atoms with Gasteiger partial charge in [0.05, 0.1) is 17.1 Å². The number of aromatic nitrogens is 1. The van der Waals surface area contributed by atoms with Crippen molar-refractivity contribution < 1.29 is 4.79 Å². The first-order valence-corrected chi connectivity index (χ1v) is 9.57. The summed E-state index contributed by atoms with van der Waals surface area (Å²) >= 11 is 1.75. The Balaban J connectivity index is 1.83. The number of ketones is 1. The zero-order chi connectivity index (χ0) is 17.0. The third kappa shape index (κ3) is 2.17. The van der Waals surface area contributed by atoms with Gasteiger partial charge in [0.1, 0.15) is 0 Å². The van der Waals surface area contributed by atoms with Gasteiger partial charge in [0.15, 0.2) is 5.78 Å². The molecule has 3 heterocycles. The van der Waals surface area contributed by atoms with E-state index in [0.717, 1.165) is 40.7 Å². The standard InChI is InChI=1S/C21H18N2OS/c1-12-9-11-25-21(12)18-14-7-8-15-13(4-3-10-22-15)20(14)23-16-5-2-6-17(24)19(16)18/h3-4,7-11,18,23H,2,5-6H2,1H3/t18-/m1/s1. The van der Waals surface area contributed by atoms with Crippen LogP contribution in [0.4, 0.5) is 5.69 Å². The van der Waals surface area contributed by atoms with E-state index in [9.17, 15) is 4.79 Å². The maximum absolute atomic E-state index is 12.8. The molecule has 1 atom stereocenters. The predicted molar refractivity (Wildman–Crippen MR) is 102 cm³/mol. The van der Waals surface area contributed by atoms with Crippen molar-refractivity contribution in [2.24, 2.45) is 0 Å². The van der Waals surface area contributed by atoms with E-state index in [2.05, 4.69) is 46.9 Å². The summed E-state index contributed by atoms with van der Waals surface area (Å²) in [5.74, 6) is 0.340. The maximum Gasteiger partial charge on any atom is 0.161 e. The van der Waals surface area contributed by atoms with Gasteiger partial charge in [-0.3, -0.25) is 9.78 Å². The summed E-state index contributed by atoms with van der Waals surface area (Å²) in [6.45, 7) is 2.14. The van der Waals surface area contributed by atoms with Gasteiger partial charge < -0.3 is 5.32 Å². The molecule has 1 aliphatic heterocycles. The molecule has 0 fully saturated rings. The number of nitrogens with zero attached hydrogens (tertiary/aromatic N) is 1. The van der Waals surface area contributed by atoms with E-state index < -0.39 is 0 Å². The van der Waals surface area contributed by atoms with Gasteiger partial charge in [-0.2, -0.15) is 0 Å². The molecule has 0 bridgehead atoms. The number of carbonyl (C=O) groups is 1. The van der Waals surface area contributed by atoms with Crippen molar-refractivity contribution in [3.05, 3.63) is 69.2 Å². The Labute approximate surface area is 150 Å². The molecule has 0 radical (unpaired) electrons. The highest BCUT2D eigenvalue weighted by atomic mass is 32.1. The van der Waals surface area contributed by atoms with Crippen molar-refractivity contribution in [1.82, 2.24) is 4.98 Å². The fourth-order valence-corrected chi connectivity index (χ4v) is 5.19. The highest BCUT2D eigenvalue weighted by Crippen LogP contribution is 2.49. The number of anilines is 1. The molecule has 1 aromatic carbocycles. The second-order valence-electron chi connectivity index (χ2n) is 6.79. The van der Waals surface area contributed by atoms with Gasteiger partial charge in [0.2, 0.25) is 0 Å². The van der Waals surface area contributed by atoms with E-state index in [1.165, 1.54) is 16.0 Å². The van der Waals surface area contributed by atoms with Crippen LogP contribution in [0, 0.1) is 6.92 Å². The molecule has 0 saturated heterocycles. The number of benzene rings is 1. The third-order valence-corrected chi connectivity index (χ3v) is 6.40. The number of nitrogens with one attached hydrogen (secondary N) is 1. The fraction of sp³-hybridized carbons (Fsp3) is 0.238. The van der Waals surface area contributed by atoms with Crippen LogP contribution in [0.1, 0.15) is 41.2 Å². The lowest BCUT2D eigenvalue weighted by atomic mass is 9.77. The van der Waals surface area contributed by atoms with Gasteiger partial charge in [-0.25, -0.2) is 0 Å². The van der Waals surface area contributed by atoms with Crippen molar-refractivity contribution in [2.45, 2.75) is 32.1 Å². The first-order chi connectivity index (χ1) is 12.2. The third-order valence-electron chi connectivity index (χ3n) is 5.31. The summed E-state index contributed by atoms with van der Waals surface area (Å²) in [6, 6.07) is 10.5. The lowest BCUT2D eigenvalue weighted by molar-refractivity contribution is -0.116. The number of pyridine rings is 1. The van der Waals surface area contributed by atoms with E-state index in [-0.39, 0.29) is 5.92 Å². The van der Waals surface area contributed by atoms with Gasteiger partial charge in [-0.05, 0) is 60.5 Å². The van der Waals surface area contributed by atoms with E-state index in [1.54, 1.807) is 11.3 Å². The number of aryl methyl sites for hydroxylation is 1. The minimum atomic E-state index is 0.0451. The highest BCUT2D eigenvalue weighted by Gasteiger charge is 2.36. The Morgan fingerprint density at radius 3 is 2.96 bits per heavy atom. The molecule has 25 heavy (non-hydrogen) atoms. The van der Waals surface area contributed by atoms with E-state index in [4.69, 9.17) is 0 Å².